The zero-order chi connectivity index (χ0) is 13.1. The predicted molar refractivity (Wildman–Crippen MR) is 76.8 cm³/mol. The van der Waals surface area contributed by atoms with Crippen LogP contribution in [0.25, 0.3) is 0 Å². The summed E-state index contributed by atoms with van der Waals surface area (Å²) >= 11 is 0. The van der Waals surface area contributed by atoms with E-state index in [4.69, 9.17) is 0 Å². The van der Waals surface area contributed by atoms with Crippen LogP contribution in [-0.2, 0) is 11.3 Å². The smallest absolute Gasteiger partial charge is 0.153 e. The quantitative estimate of drug-likeness (QED) is 0.755. The standard InChI is InChI=1S/C17H21NO/c19-16-10-5-2-6-11-17(16)12-7-13-18(17)14-15-8-3-1-4-9-15/h1-4,6,8-9H,5,7,10-14H2. The number of benzene rings is 1. The third kappa shape index (κ3) is 2.37. The van der Waals surface area contributed by atoms with Crippen LogP contribution in [-0.4, -0.2) is 22.8 Å². The summed E-state index contributed by atoms with van der Waals surface area (Å²) in [6.45, 7) is 1.95. The average molecular weight is 255 g/mol. The second-order valence-electron chi connectivity index (χ2n) is 5.68. The minimum Gasteiger partial charge on any atom is -0.298 e. The Morgan fingerprint density at radius 3 is 2.84 bits per heavy atom. The van der Waals surface area contributed by atoms with E-state index in [-0.39, 0.29) is 5.54 Å². The van der Waals surface area contributed by atoms with Gasteiger partial charge in [0.05, 0.1) is 5.54 Å². The molecule has 1 heterocycles. The lowest BCUT2D eigenvalue weighted by molar-refractivity contribution is -0.129. The van der Waals surface area contributed by atoms with Crippen LogP contribution >= 0.6 is 0 Å². The second kappa shape index (κ2) is 5.30. The fraction of sp³-hybridized carbons (Fsp3) is 0.471. The molecule has 3 rings (SSSR count). The van der Waals surface area contributed by atoms with Crippen molar-refractivity contribution in [2.45, 2.75) is 44.2 Å². The number of hydrogen-bond donors (Lipinski definition) is 0. The molecule has 0 bridgehead atoms. The van der Waals surface area contributed by atoms with Crippen molar-refractivity contribution in [2.24, 2.45) is 0 Å². The first-order chi connectivity index (χ1) is 9.31. The Bertz CT molecular complexity index is 479. The van der Waals surface area contributed by atoms with Gasteiger partial charge in [-0.3, -0.25) is 9.69 Å². The molecule has 1 atom stereocenters. The lowest BCUT2D eigenvalue weighted by atomic mass is 9.86. The van der Waals surface area contributed by atoms with Crippen molar-refractivity contribution >= 4 is 5.78 Å². The average Bonchev–Trinajstić information content (AvgIpc) is 2.73. The number of likely N-dealkylation sites (tertiary alicyclic amines) is 1. The van der Waals surface area contributed by atoms with Gasteiger partial charge in [0.15, 0.2) is 5.78 Å². The molecule has 1 spiro atoms. The van der Waals surface area contributed by atoms with Crippen LogP contribution in [0.1, 0.15) is 37.7 Å². The highest BCUT2D eigenvalue weighted by Gasteiger charge is 2.45. The number of ketones is 1. The molecule has 2 heteroatoms. The number of carbonyl (C=O) groups excluding carboxylic acids is 1. The molecule has 0 amide bonds. The molecule has 0 radical (unpaired) electrons. The zero-order valence-electron chi connectivity index (χ0n) is 11.3. The summed E-state index contributed by atoms with van der Waals surface area (Å²) in [4.78, 5) is 15.0. The molecule has 19 heavy (non-hydrogen) atoms. The van der Waals surface area contributed by atoms with Crippen LogP contribution < -0.4 is 0 Å². The molecule has 1 aromatic rings. The first-order valence-corrected chi connectivity index (χ1v) is 7.28. The molecule has 0 N–H and O–H groups in total. The largest absolute Gasteiger partial charge is 0.298 e. The minimum absolute atomic E-state index is 0.206. The molecule has 1 fully saturated rings. The van der Waals surface area contributed by atoms with Crippen molar-refractivity contribution in [3.63, 3.8) is 0 Å². The molecule has 2 aliphatic rings. The minimum atomic E-state index is -0.206. The van der Waals surface area contributed by atoms with Crippen molar-refractivity contribution in [1.29, 1.82) is 0 Å². The van der Waals surface area contributed by atoms with Crippen molar-refractivity contribution in [3.8, 4) is 0 Å². The number of Topliss-reactive ketones (excluding diaryl/α,β-unsaturated/α-hetero) is 1. The normalized spacial score (nSPS) is 27.9. The van der Waals surface area contributed by atoms with Gasteiger partial charge in [-0.15, -0.1) is 0 Å². The summed E-state index contributed by atoms with van der Waals surface area (Å²) in [5, 5.41) is 0. The molecule has 1 saturated heterocycles. The number of nitrogens with zero attached hydrogens (tertiary/aromatic N) is 1. The molecule has 2 nitrogen and oxygen atoms in total. The SMILES string of the molecule is O=C1CCC=CCC12CCCN2Cc1ccccc1. The van der Waals surface area contributed by atoms with Gasteiger partial charge in [0.1, 0.15) is 0 Å². The Kier molecular flexibility index (Phi) is 3.52. The van der Waals surface area contributed by atoms with E-state index in [9.17, 15) is 4.79 Å². The maximum atomic E-state index is 12.6. The lowest BCUT2D eigenvalue weighted by Gasteiger charge is -2.36. The summed E-state index contributed by atoms with van der Waals surface area (Å²) in [5.41, 5.74) is 1.10. The van der Waals surface area contributed by atoms with Crippen molar-refractivity contribution in [3.05, 3.63) is 48.0 Å². The summed E-state index contributed by atoms with van der Waals surface area (Å²) in [6, 6.07) is 10.5. The van der Waals surface area contributed by atoms with Gasteiger partial charge in [-0.1, -0.05) is 42.5 Å². The van der Waals surface area contributed by atoms with E-state index < -0.39 is 0 Å². The Hall–Kier alpha value is -1.41. The van der Waals surface area contributed by atoms with Crippen LogP contribution in [0.3, 0.4) is 0 Å². The highest BCUT2D eigenvalue weighted by atomic mass is 16.1. The molecule has 0 aromatic heterocycles. The Morgan fingerprint density at radius 1 is 1.16 bits per heavy atom. The van der Waals surface area contributed by atoms with Gasteiger partial charge >= 0.3 is 0 Å². The molecular weight excluding hydrogens is 234 g/mol. The van der Waals surface area contributed by atoms with E-state index >= 15 is 0 Å². The van der Waals surface area contributed by atoms with Gasteiger partial charge in [-0.25, -0.2) is 0 Å². The highest BCUT2D eigenvalue weighted by Crippen LogP contribution is 2.37. The number of hydrogen-bond acceptors (Lipinski definition) is 2. The summed E-state index contributed by atoms with van der Waals surface area (Å²) in [6.07, 6.45) is 9.09. The van der Waals surface area contributed by atoms with E-state index in [0.717, 1.165) is 38.8 Å². The summed E-state index contributed by atoms with van der Waals surface area (Å²) < 4.78 is 0. The fourth-order valence-electron chi connectivity index (χ4n) is 3.47. The lowest BCUT2D eigenvalue weighted by Crippen LogP contribution is -2.49. The van der Waals surface area contributed by atoms with Crippen LogP contribution in [0.15, 0.2) is 42.5 Å². The molecule has 1 aromatic carbocycles. The second-order valence-corrected chi connectivity index (χ2v) is 5.68. The molecule has 100 valence electrons. The molecular formula is C17H21NO. The Morgan fingerprint density at radius 2 is 2.00 bits per heavy atom. The van der Waals surface area contributed by atoms with E-state index in [1.54, 1.807) is 0 Å². The van der Waals surface area contributed by atoms with E-state index in [1.165, 1.54) is 5.56 Å². The van der Waals surface area contributed by atoms with Gasteiger partial charge in [-0.2, -0.15) is 0 Å². The first-order valence-electron chi connectivity index (χ1n) is 7.28. The summed E-state index contributed by atoms with van der Waals surface area (Å²) in [5.74, 6) is 0.450. The third-order valence-corrected chi connectivity index (χ3v) is 4.52. The van der Waals surface area contributed by atoms with E-state index in [2.05, 4.69) is 41.3 Å². The Balaban J connectivity index is 1.84. The van der Waals surface area contributed by atoms with Crippen LogP contribution in [0.5, 0.6) is 0 Å². The van der Waals surface area contributed by atoms with Crippen LogP contribution in [0, 0.1) is 0 Å². The molecule has 1 unspecified atom stereocenters. The predicted octanol–water partition coefficient (Wildman–Crippen LogP) is 3.33. The zero-order valence-corrected chi connectivity index (χ0v) is 11.3. The van der Waals surface area contributed by atoms with Crippen molar-refractivity contribution in [1.82, 2.24) is 4.90 Å². The van der Waals surface area contributed by atoms with Crippen molar-refractivity contribution in [2.75, 3.05) is 6.54 Å². The number of carbonyl (C=O) groups is 1. The fourth-order valence-corrected chi connectivity index (χ4v) is 3.47. The van der Waals surface area contributed by atoms with Gasteiger partial charge < -0.3 is 0 Å². The van der Waals surface area contributed by atoms with Gasteiger partial charge in [0, 0.05) is 13.0 Å². The highest BCUT2D eigenvalue weighted by molar-refractivity contribution is 5.89. The topological polar surface area (TPSA) is 20.3 Å². The van der Waals surface area contributed by atoms with Crippen LogP contribution in [0.4, 0.5) is 0 Å². The molecule has 1 aliphatic carbocycles. The third-order valence-electron chi connectivity index (χ3n) is 4.52. The van der Waals surface area contributed by atoms with Gasteiger partial charge in [0.2, 0.25) is 0 Å². The number of allylic oxidation sites excluding steroid dienone is 1. The molecule has 0 saturated carbocycles. The number of rotatable bonds is 2. The first kappa shape index (κ1) is 12.6. The van der Waals surface area contributed by atoms with Crippen LogP contribution in [0.2, 0.25) is 0 Å². The summed E-state index contributed by atoms with van der Waals surface area (Å²) in [7, 11) is 0. The van der Waals surface area contributed by atoms with Gasteiger partial charge in [0.25, 0.3) is 0 Å². The van der Waals surface area contributed by atoms with E-state index in [0.29, 0.717) is 12.2 Å². The van der Waals surface area contributed by atoms with Gasteiger partial charge in [-0.05, 0) is 37.8 Å². The molecule has 1 aliphatic heterocycles. The van der Waals surface area contributed by atoms with Crippen molar-refractivity contribution < 1.29 is 4.79 Å². The maximum Gasteiger partial charge on any atom is 0.153 e. The maximum absolute atomic E-state index is 12.6. The monoisotopic (exact) mass is 255 g/mol. The Labute approximate surface area is 115 Å². The van der Waals surface area contributed by atoms with E-state index in [1.807, 2.05) is 6.07 Å².